The van der Waals surface area contributed by atoms with Crippen molar-refractivity contribution >= 4 is 5.97 Å². The maximum absolute atomic E-state index is 11.8. The lowest BCUT2D eigenvalue weighted by molar-refractivity contribution is -0.0569. The minimum absolute atomic E-state index is 0.315. The van der Waals surface area contributed by atoms with Crippen molar-refractivity contribution in [2.75, 3.05) is 13.2 Å². The van der Waals surface area contributed by atoms with Crippen molar-refractivity contribution in [3.05, 3.63) is 35.4 Å². The molecule has 0 radical (unpaired) electrons. The lowest BCUT2D eigenvalue weighted by Crippen LogP contribution is -2.54. The summed E-state index contributed by atoms with van der Waals surface area (Å²) in [5.41, 5.74) is 6.76. The molecule has 0 aliphatic carbocycles. The number of hydrogen-bond acceptors (Lipinski definition) is 4. The molecule has 1 heterocycles. The van der Waals surface area contributed by atoms with Crippen LogP contribution in [0.3, 0.4) is 0 Å². The predicted molar refractivity (Wildman–Crippen MR) is 68.3 cm³/mol. The molecule has 0 bridgehead atoms. The van der Waals surface area contributed by atoms with E-state index in [0.717, 1.165) is 5.56 Å². The zero-order valence-corrected chi connectivity index (χ0v) is 11.0. The van der Waals surface area contributed by atoms with Gasteiger partial charge in [0, 0.05) is 0 Å². The van der Waals surface area contributed by atoms with Crippen molar-refractivity contribution in [3.63, 3.8) is 0 Å². The summed E-state index contributed by atoms with van der Waals surface area (Å²) < 4.78 is 10.4. The molecule has 4 nitrogen and oxygen atoms in total. The molecule has 0 saturated carbocycles. The quantitative estimate of drug-likeness (QED) is 0.812. The number of ether oxygens (including phenoxy) is 2. The lowest BCUT2D eigenvalue weighted by Gasteiger charge is -2.38. The molecule has 4 heteroatoms. The van der Waals surface area contributed by atoms with E-state index in [0.29, 0.717) is 18.8 Å². The van der Waals surface area contributed by atoms with Crippen molar-refractivity contribution < 1.29 is 14.3 Å². The third kappa shape index (κ3) is 2.71. The molecule has 2 N–H and O–H groups in total. The summed E-state index contributed by atoms with van der Waals surface area (Å²) in [6.45, 7) is 6.59. The molecular formula is C14H19NO3. The van der Waals surface area contributed by atoms with Crippen LogP contribution in [0.4, 0.5) is 0 Å². The Morgan fingerprint density at radius 3 is 2.22 bits per heavy atom. The largest absolute Gasteiger partial charge is 0.456 e. The van der Waals surface area contributed by atoms with E-state index in [1.807, 2.05) is 32.9 Å². The lowest BCUT2D eigenvalue weighted by atomic mass is 9.89. The molecule has 2 rings (SSSR count). The van der Waals surface area contributed by atoms with Crippen molar-refractivity contribution in [2.45, 2.75) is 31.9 Å². The summed E-state index contributed by atoms with van der Waals surface area (Å²) in [5, 5.41) is 0. The van der Waals surface area contributed by atoms with Gasteiger partial charge >= 0.3 is 5.97 Å². The molecule has 1 aromatic rings. The van der Waals surface area contributed by atoms with Crippen molar-refractivity contribution in [3.8, 4) is 0 Å². The second-order valence-corrected chi connectivity index (χ2v) is 5.73. The van der Waals surface area contributed by atoms with Gasteiger partial charge in [-0.3, -0.25) is 0 Å². The number of nitrogens with two attached hydrogens (primary N) is 1. The van der Waals surface area contributed by atoms with Gasteiger partial charge in [-0.2, -0.15) is 0 Å². The monoisotopic (exact) mass is 249 g/mol. The van der Waals surface area contributed by atoms with Crippen molar-refractivity contribution in [1.82, 2.24) is 0 Å². The molecule has 1 saturated heterocycles. The zero-order valence-electron chi connectivity index (χ0n) is 11.0. The van der Waals surface area contributed by atoms with Crippen molar-refractivity contribution in [2.24, 2.45) is 5.73 Å². The van der Waals surface area contributed by atoms with Gasteiger partial charge in [-0.1, -0.05) is 12.1 Å². The van der Waals surface area contributed by atoms with E-state index in [1.54, 1.807) is 12.1 Å². The fourth-order valence-electron chi connectivity index (χ4n) is 1.76. The Bertz CT molecular complexity index is 441. The maximum atomic E-state index is 11.8. The van der Waals surface area contributed by atoms with Gasteiger partial charge in [0.25, 0.3) is 0 Å². The topological polar surface area (TPSA) is 61.5 Å². The smallest absolute Gasteiger partial charge is 0.338 e. The third-order valence-corrected chi connectivity index (χ3v) is 2.81. The normalized spacial score (nSPS) is 18.0. The Morgan fingerprint density at radius 1 is 1.28 bits per heavy atom. The molecule has 1 fully saturated rings. The van der Waals surface area contributed by atoms with Crippen LogP contribution in [-0.4, -0.2) is 24.8 Å². The summed E-state index contributed by atoms with van der Waals surface area (Å²) in [6, 6.07) is 7.22. The van der Waals surface area contributed by atoms with E-state index >= 15 is 0 Å². The highest BCUT2D eigenvalue weighted by Crippen LogP contribution is 2.26. The Hall–Kier alpha value is -1.39. The standard InChI is InChI=1S/C14H19NO3/c1-13(2,3)18-12(16)10-4-6-11(7-5-10)14(15)8-17-9-14/h4-7H,8-9,15H2,1-3H3. The predicted octanol–water partition coefficient (Wildman–Crippen LogP) is 1.83. The first kappa shape index (κ1) is 13.1. The Kier molecular flexibility index (Phi) is 3.17. The molecule has 0 spiro atoms. The number of esters is 1. The van der Waals surface area contributed by atoms with E-state index in [1.165, 1.54) is 0 Å². The number of carbonyl (C=O) groups excluding carboxylic acids is 1. The summed E-state index contributed by atoms with van der Waals surface area (Å²) in [5.74, 6) is -0.315. The summed E-state index contributed by atoms with van der Waals surface area (Å²) in [7, 11) is 0. The number of rotatable bonds is 2. The highest BCUT2D eigenvalue weighted by molar-refractivity contribution is 5.89. The summed E-state index contributed by atoms with van der Waals surface area (Å²) in [4.78, 5) is 11.8. The van der Waals surface area contributed by atoms with Crippen LogP contribution in [0.5, 0.6) is 0 Å². The highest BCUT2D eigenvalue weighted by atomic mass is 16.6. The van der Waals surface area contributed by atoms with Gasteiger partial charge in [-0.05, 0) is 38.5 Å². The average molecular weight is 249 g/mol. The van der Waals surface area contributed by atoms with Crippen LogP contribution in [0.25, 0.3) is 0 Å². The summed E-state index contributed by atoms with van der Waals surface area (Å²) >= 11 is 0. The molecule has 18 heavy (non-hydrogen) atoms. The van der Waals surface area contributed by atoms with E-state index in [9.17, 15) is 4.79 Å². The Morgan fingerprint density at radius 2 is 1.83 bits per heavy atom. The van der Waals surface area contributed by atoms with Crippen LogP contribution < -0.4 is 5.73 Å². The molecule has 1 aliphatic rings. The molecule has 1 aromatic carbocycles. The van der Waals surface area contributed by atoms with E-state index < -0.39 is 11.1 Å². The Labute approximate surface area is 107 Å². The van der Waals surface area contributed by atoms with E-state index in [2.05, 4.69) is 0 Å². The molecule has 98 valence electrons. The minimum Gasteiger partial charge on any atom is -0.456 e. The van der Waals surface area contributed by atoms with Gasteiger partial charge in [-0.25, -0.2) is 4.79 Å². The molecule has 0 amide bonds. The van der Waals surface area contributed by atoms with E-state index in [4.69, 9.17) is 15.2 Å². The molecule has 0 atom stereocenters. The van der Waals surface area contributed by atoms with Crippen LogP contribution in [0.15, 0.2) is 24.3 Å². The van der Waals surface area contributed by atoms with Crippen LogP contribution in [0.1, 0.15) is 36.7 Å². The fraction of sp³-hybridized carbons (Fsp3) is 0.500. The van der Waals surface area contributed by atoms with Gasteiger partial charge < -0.3 is 15.2 Å². The first-order valence-corrected chi connectivity index (χ1v) is 6.01. The van der Waals surface area contributed by atoms with Crippen LogP contribution in [-0.2, 0) is 15.0 Å². The minimum atomic E-state index is -0.480. The SMILES string of the molecule is CC(C)(C)OC(=O)c1ccc(C2(N)COC2)cc1. The first-order valence-electron chi connectivity index (χ1n) is 6.01. The van der Waals surface area contributed by atoms with Gasteiger partial charge in [0.1, 0.15) is 5.60 Å². The van der Waals surface area contributed by atoms with E-state index in [-0.39, 0.29) is 5.97 Å². The molecule has 0 unspecified atom stereocenters. The summed E-state index contributed by atoms with van der Waals surface area (Å²) in [6.07, 6.45) is 0. The molecule has 0 aromatic heterocycles. The fourth-order valence-corrected chi connectivity index (χ4v) is 1.76. The zero-order chi connectivity index (χ0) is 13.4. The maximum Gasteiger partial charge on any atom is 0.338 e. The molecular weight excluding hydrogens is 230 g/mol. The van der Waals surface area contributed by atoms with Crippen LogP contribution in [0, 0.1) is 0 Å². The average Bonchev–Trinajstić information content (AvgIpc) is 2.24. The second kappa shape index (κ2) is 4.37. The first-order chi connectivity index (χ1) is 8.30. The van der Waals surface area contributed by atoms with Gasteiger partial charge in [-0.15, -0.1) is 0 Å². The van der Waals surface area contributed by atoms with Crippen molar-refractivity contribution in [1.29, 1.82) is 0 Å². The Balaban J connectivity index is 2.10. The second-order valence-electron chi connectivity index (χ2n) is 5.73. The number of benzene rings is 1. The highest BCUT2D eigenvalue weighted by Gasteiger charge is 2.36. The van der Waals surface area contributed by atoms with Gasteiger partial charge in [0.2, 0.25) is 0 Å². The third-order valence-electron chi connectivity index (χ3n) is 2.81. The van der Waals surface area contributed by atoms with Gasteiger partial charge in [0.05, 0.1) is 24.3 Å². The number of hydrogen-bond donors (Lipinski definition) is 1. The van der Waals surface area contributed by atoms with Crippen LogP contribution in [0.2, 0.25) is 0 Å². The number of carbonyl (C=O) groups is 1. The molecule has 1 aliphatic heterocycles. The van der Waals surface area contributed by atoms with Crippen LogP contribution >= 0.6 is 0 Å². The van der Waals surface area contributed by atoms with Gasteiger partial charge in [0.15, 0.2) is 0 Å².